The number of nitrogens with one attached hydrogen (secondary N) is 1. The van der Waals surface area contributed by atoms with Gasteiger partial charge in [0.25, 0.3) is 5.78 Å². The Hall–Kier alpha value is -2.17. The van der Waals surface area contributed by atoms with E-state index in [1.54, 1.807) is 0 Å². The molecule has 0 aliphatic carbocycles. The zero-order chi connectivity index (χ0) is 13.5. The predicted octanol–water partition coefficient (Wildman–Crippen LogP) is 1.50. The van der Waals surface area contributed by atoms with Crippen molar-refractivity contribution in [2.45, 2.75) is 19.8 Å². The van der Waals surface area contributed by atoms with Crippen LogP contribution in [-0.4, -0.2) is 24.2 Å². The Bertz CT molecular complexity index is 452. The second-order valence-corrected chi connectivity index (χ2v) is 3.81. The van der Waals surface area contributed by atoms with Crippen molar-refractivity contribution in [3.05, 3.63) is 35.4 Å². The Morgan fingerprint density at radius 1 is 1.22 bits per heavy atom. The van der Waals surface area contributed by atoms with Gasteiger partial charge in [-0.05, 0) is 6.42 Å². The maximum atomic E-state index is 11.7. The highest BCUT2D eigenvalue weighted by Gasteiger charge is 2.17. The van der Waals surface area contributed by atoms with E-state index in [2.05, 4.69) is 0 Å². The van der Waals surface area contributed by atoms with Crippen LogP contribution in [0.2, 0.25) is 0 Å². The van der Waals surface area contributed by atoms with Crippen LogP contribution in [0.3, 0.4) is 0 Å². The monoisotopic (exact) mass is 248 g/mol. The second kappa shape index (κ2) is 6.54. The summed E-state index contributed by atoms with van der Waals surface area (Å²) in [6, 6.07) is 5.96. The molecule has 0 fully saturated rings. The Labute approximate surface area is 105 Å². The van der Waals surface area contributed by atoms with Gasteiger partial charge in [-0.2, -0.15) is 0 Å². The van der Waals surface area contributed by atoms with Gasteiger partial charge in [-0.1, -0.05) is 37.6 Å². The Kier molecular flexibility index (Phi) is 5.05. The molecule has 0 atom stereocenters. The normalized spacial score (nSPS) is 9.83. The SMILES string of the molecule is CCCCOC(=O)C(=O)c1ccc(C(=N)N)cc1. The van der Waals surface area contributed by atoms with Gasteiger partial charge >= 0.3 is 5.97 Å². The van der Waals surface area contributed by atoms with Gasteiger partial charge in [0.15, 0.2) is 0 Å². The number of carbonyl (C=O) groups excluding carboxylic acids is 2. The van der Waals surface area contributed by atoms with Crippen LogP contribution in [0.25, 0.3) is 0 Å². The summed E-state index contributed by atoms with van der Waals surface area (Å²) in [5.74, 6) is -1.61. The van der Waals surface area contributed by atoms with Gasteiger partial charge < -0.3 is 10.5 Å². The van der Waals surface area contributed by atoms with E-state index in [0.717, 1.165) is 12.8 Å². The molecule has 0 saturated carbocycles. The molecule has 0 saturated heterocycles. The number of amidine groups is 1. The van der Waals surface area contributed by atoms with Gasteiger partial charge in [0.2, 0.25) is 0 Å². The van der Waals surface area contributed by atoms with E-state index in [1.165, 1.54) is 24.3 Å². The van der Waals surface area contributed by atoms with Crippen LogP contribution in [0.4, 0.5) is 0 Å². The Morgan fingerprint density at radius 3 is 2.28 bits per heavy atom. The molecule has 0 amide bonds. The Balaban J connectivity index is 2.66. The lowest BCUT2D eigenvalue weighted by molar-refractivity contribution is -0.138. The summed E-state index contributed by atoms with van der Waals surface area (Å²) < 4.78 is 4.82. The van der Waals surface area contributed by atoms with Crippen molar-refractivity contribution >= 4 is 17.6 Å². The molecule has 5 nitrogen and oxygen atoms in total. The summed E-state index contributed by atoms with van der Waals surface area (Å²) in [5.41, 5.74) is 6.03. The number of unbranched alkanes of at least 4 members (excludes halogenated alkanes) is 1. The highest BCUT2D eigenvalue weighted by molar-refractivity contribution is 6.40. The number of hydrogen-bond acceptors (Lipinski definition) is 4. The van der Waals surface area contributed by atoms with E-state index >= 15 is 0 Å². The lowest BCUT2D eigenvalue weighted by Gasteiger charge is -2.04. The highest BCUT2D eigenvalue weighted by atomic mass is 16.5. The minimum atomic E-state index is -0.848. The maximum absolute atomic E-state index is 11.7. The first-order chi connectivity index (χ1) is 8.56. The fourth-order valence-corrected chi connectivity index (χ4v) is 1.29. The molecule has 1 aromatic rings. The quantitative estimate of drug-likeness (QED) is 0.199. The molecule has 0 unspecified atom stereocenters. The fraction of sp³-hybridized carbons (Fsp3) is 0.308. The summed E-state index contributed by atoms with van der Waals surface area (Å²) in [7, 11) is 0. The number of benzene rings is 1. The maximum Gasteiger partial charge on any atom is 0.379 e. The molecular weight excluding hydrogens is 232 g/mol. The molecule has 0 heterocycles. The number of hydrogen-bond donors (Lipinski definition) is 2. The number of rotatable bonds is 6. The lowest BCUT2D eigenvalue weighted by Crippen LogP contribution is -2.18. The topological polar surface area (TPSA) is 93.2 Å². The number of esters is 1. The minimum Gasteiger partial charge on any atom is -0.460 e. The molecule has 1 rings (SSSR count). The molecule has 1 aromatic carbocycles. The number of ketones is 1. The molecule has 18 heavy (non-hydrogen) atoms. The zero-order valence-corrected chi connectivity index (χ0v) is 10.2. The van der Waals surface area contributed by atoms with Crippen LogP contribution in [0.15, 0.2) is 24.3 Å². The molecule has 3 N–H and O–H groups in total. The van der Waals surface area contributed by atoms with Crippen LogP contribution < -0.4 is 5.73 Å². The van der Waals surface area contributed by atoms with E-state index in [-0.39, 0.29) is 18.0 Å². The number of Topliss-reactive ketones (excluding diaryl/α,β-unsaturated/α-hetero) is 1. The summed E-state index contributed by atoms with van der Waals surface area (Å²) in [6.07, 6.45) is 1.64. The molecule has 0 radical (unpaired) electrons. The van der Waals surface area contributed by atoms with Crippen molar-refractivity contribution in [2.75, 3.05) is 6.61 Å². The van der Waals surface area contributed by atoms with Gasteiger partial charge in [0.05, 0.1) is 6.61 Å². The third-order valence-corrected chi connectivity index (χ3v) is 2.37. The smallest absolute Gasteiger partial charge is 0.379 e. The summed E-state index contributed by atoms with van der Waals surface area (Å²) in [6.45, 7) is 2.22. The molecule has 96 valence electrons. The van der Waals surface area contributed by atoms with Gasteiger partial charge in [-0.25, -0.2) is 4.79 Å². The van der Waals surface area contributed by atoms with Crippen molar-refractivity contribution < 1.29 is 14.3 Å². The molecule has 0 bridgehead atoms. The molecule has 5 heteroatoms. The van der Waals surface area contributed by atoms with Crippen molar-refractivity contribution in [2.24, 2.45) is 5.73 Å². The number of ether oxygens (including phenoxy) is 1. The average molecular weight is 248 g/mol. The van der Waals surface area contributed by atoms with E-state index in [9.17, 15) is 9.59 Å². The third-order valence-electron chi connectivity index (χ3n) is 2.37. The average Bonchev–Trinajstić information content (AvgIpc) is 2.38. The number of nitrogen functional groups attached to an aromatic ring is 1. The molecule has 0 aliphatic heterocycles. The molecule has 0 spiro atoms. The third kappa shape index (κ3) is 3.69. The lowest BCUT2D eigenvalue weighted by atomic mass is 10.1. The van der Waals surface area contributed by atoms with Gasteiger partial charge in [0, 0.05) is 11.1 Å². The number of carbonyl (C=O) groups is 2. The second-order valence-electron chi connectivity index (χ2n) is 3.81. The summed E-state index contributed by atoms with van der Waals surface area (Å²) in [5, 5.41) is 7.21. The fourth-order valence-electron chi connectivity index (χ4n) is 1.29. The van der Waals surface area contributed by atoms with Crippen LogP contribution in [0.5, 0.6) is 0 Å². The van der Waals surface area contributed by atoms with Crippen LogP contribution in [0, 0.1) is 5.41 Å². The molecule has 0 aromatic heterocycles. The molecule has 0 aliphatic rings. The number of nitrogens with two attached hydrogens (primary N) is 1. The molecular formula is C13H16N2O3. The largest absolute Gasteiger partial charge is 0.460 e. The van der Waals surface area contributed by atoms with E-state index in [0.29, 0.717) is 5.56 Å². The van der Waals surface area contributed by atoms with Crippen molar-refractivity contribution in [3.63, 3.8) is 0 Å². The first-order valence-electron chi connectivity index (χ1n) is 5.72. The van der Waals surface area contributed by atoms with Crippen LogP contribution in [-0.2, 0) is 9.53 Å². The van der Waals surface area contributed by atoms with Crippen molar-refractivity contribution in [3.8, 4) is 0 Å². The Morgan fingerprint density at radius 2 is 1.78 bits per heavy atom. The van der Waals surface area contributed by atoms with E-state index in [4.69, 9.17) is 15.9 Å². The highest BCUT2D eigenvalue weighted by Crippen LogP contribution is 2.06. The van der Waals surface area contributed by atoms with Gasteiger partial charge in [-0.3, -0.25) is 10.2 Å². The summed E-state index contributed by atoms with van der Waals surface area (Å²) in [4.78, 5) is 23.1. The standard InChI is InChI=1S/C13H16N2O3/c1-2-3-8-18-13(17)11(16)9-4-6-10(7-5-9)12(14)15/h4-7H,2-3,8H2,1H3,(H3,14,15). The first kappa shape index (κ1) is 13.9. The first-order valence-corrected chi connectivity index (χ1v) is 5.72. The zero-order valence-electron chi connectivity index (χ0n) is 10.2. The minimum absolute atomic E-state index is 0.0838. The van der Waals surface area contributed by atoms with E-state index in [1.807, 2.05) is 6.92 Å². The summed E-state index contributed by atoms with van der Waals surface area (Å²) >= 11 is 0. The predicted molar refractivity (Wildman–Crippen MR) is 67.7 cm³/mol. The van der Waals surface area contributed by atoms with E-state index < -0.39 is 11.8 Å². The van der Waals surface area contributed by atoms with Crippen molar-refractivity contribution in [1.82, 2.24) is 0 Å². The van der Waals surface area contributed by atoms with Crippen molar-refractivity contribution in [1.29, 1.82) is 5.41 Å². The van der Waals surface area contributed by atoms with Crippen LogP contribution >= 0.6 is 0 Å². The van der Waals surface area contributed by atoms with Gasteiger partial charge in [0.1, 0.15) is 5.84 Å². The van der Waals surface area contributed by atoms with Crippen LogP contribution in [0.1, 0.15) is 35.7 Å². The van der Waals surface area contributed by atoms with Gasteiger partial charge in [-0.15, -0.1) is 0 Å².